The minimum atomic E-state index is 0.724. The van der Waals surface area contributed by atoms with Gasteiger partial charge in [-0.05, 0) is 70.1 Å². The number of hydrogen-bond acceptors (Lipinski definition) is 3. The van der Waals surface area contributed by atoms with Gasteiger partial charge in [0.05, 0.1) is 5.69 Å². The van der Waals surface area contributed by atoms with Crippen molar-refractivity contribution in [2.24, 2.45) is 0 Å². The first-order valence-electron chi connectivity index (χ1n) is 10.4. The fraction of sp³-hybridized carbons (Fsp3) is 0. The number of fused-ring (bicyclic) bond motifs is 3. The van der Waals surface area contributed by atoms with Gasteiger partial charge < -0.3 is 4.42 Å². The summed E-state index contributed by atoms with van der Waals surface area (Å²) >= 11 is 2.27. The summed E-state index contributed by atoms with van der Waals surface area (Å²) in [6, 6.07) is 35.1. The summed E-state index contributed by atoms with van der Waals surface area (Å²) in [6.45, 7) is 0. The number of halogens is 1. The Bertz CT molecular complexity index is 1590. The van der Waals surface area contributed by atoms with E-state index in [0.717, 1.165) is 53.8 Å². The van der Waals surface area contributed by atoms with Crippen LogP contribution in [0.4, 0.5) is 0 Å². The zero-order valence-electron chi connectivity index (χ0n) is 17.0. The second-order valence-corrected chi connectivity index (χ2v) is 8.76. The molecular weight excluding hydrogens is 507 g/mol. The highest BCUT2D eigenvalue weighted by Gasteiger charge is 2.12. The van der Waals surface area contributed by atoms with Gasteiger partial charge in [-0.2, -0.15) is 0 Å². The Labute approximate surface area is 198 Å². The third kappa shape index (κ3) is 3.46. The molecule has 6 aromatic rings. The highest BCUT2D eigenvalue weighted by molar-refractivity contribution is 14.1. The van der Waals surface area contributed by atoms with E-state index in [9.17, 15) is 0 Å². The molecule has 4 heteroatoms. The monoisotopic (exact) mass is 524 g/mol. The summed E-state index contributed by atoms with van der Waals surface area (Å²) in [6.07, 6.45) is 0. The van der Waals surface area contributed by atoms with Crippen molar-refractivity contribution in [3.8, 4) is 33.8 Å². The largest absolute Gasteiger partial charge is 0.456 e. The van der Waals surface area contributed by atoms with E-state index in [0.29, 0.717) is 0 Å². The van der Waals surface area contributed by atoms with Crippen LogP contribution in [0.2, 0.25) is 0 Å². The van der Waals surface area contributed by atoms with Crippen molar-refractivity contribution in [1.29, 1.82) is 0 Å². The molecule has 3 nitrogen and oxygen atoms in total. The van der Waals surface area contributed by atoms with Gasteiger partial charge in [-0.15, -0.1) is 0 Å². The normalized spacial score (nSPS) is 11.3. The molecule has 0 unspecified atom stereocenters. The summed E-state index contributed by atoms with van der Waals surface area (Å²) in [5.74, 6) is 0.724. The fourth-order valence-electron chi connectivity index (χ4n) is 4.05. The van der Waals surface area contributed by atoms with Gasteiger partial charge in [-0.25, -0.2) is 9.97 Å². The molecule has 0 aliphatic rings. The van der Waals surface area contributed by atoms with Crippen molar-refractivity contribution in [3.63, 3.8) is 0 Å². The van der Waals surface area contributed by atoms with Gasteiger partial charge >= 0.3 is 0 Å². The highest BCUT2D eigenvalue weighted by atomic mass is 127. The SMILES string of the molecule is Ic1cc(-c2ccc3oc4ccccc4c3c2)nc(-c2cccc(-c3ccccc3)c2)n1. The van der Waals surface area contributed by atoms with Crippen LogP contribution in [0.25, 0.3) is 55.7 Å². The maximum absolute atomic E-state index is 5.98. The van der Waals surface area contributed by atoms with E-state index in [2.05, 4.69) is 89.3 Å². The molecule has 0 radical (unpaired) electrons. The first kappa shape index (κ1) is 19.2. The molecule has 4 aromatic carbocycles. The maximum Gasteiger partial charge on any atom is 0.160 e. The van der Waals surface area contributed by atoms with Crippen molar-refractivity contribution < 1.29 is 4.42 Å². The molecule has 152 valence electrons. The Morgan fingerprint density at radius 2 is 1.28 bits per heavy atom. The van der Waals surface area contributed by atoms with Gasteiger partial charge in [-0.1, -0.05) is 66.7 Å². The number of nitrogens with zero attached hydrogens (tertiary/aromatic N) is 2. The van der Waals surface area contributed by atoms with E-state index >= 15 is 0 Å². The molecule has 0 saturated heterocycles. The van der Waals surface area contributed by atoms with Crippen molar-refractivity contribution in [1.82, 2.24) is 9.97 Å². The van der Waals surface area contributed by atoms with Crippen LogP contribution in [0.15, 0.2) is 108 Å². The van der Waals surface area contributed by atoms with Crippen LogP contribution in [-0.4, -0.2) is 9.97 Å². The lowest BCUT2D eigenvalue weighted by Gasteiger charge is -2.08. The van der Waals surface area contributed by atoms with Crippen LogP contribution < -0.4 is 0 Å². The summed E-state index contributed by atoms with van der Waals surface area (Å²) < 4.78 is 6.89. The molecule has 0 saturated carbocycles. The molecule has 2 heterocycles. The number of benzene rings is 4. The second kappa shape index (κ2) is 7.88. The molecule has 6 rings (SSSR count). The van der Waals surface area contributed by atoms with Crippen LogP contribution in [0.1, 0.15) is 0 Å². The number of para-hydroxylation sites is 1. The molecule has 0 spiro atoms. The van der Waals surface area contributed by atoms with Crippen molar-refractivity contribution in [2.75, 3.05) is 0 Å². The predicted molar refractivity (Wildman–Crippen MR) is 138 cm³/mol. The molecule has 0 bridgehead atoms. The maximum atomic E-state index is 5.98. The lowest BCUT2D eigenvalue weighted by molar-refractivity contribution is 0.669. The molecule has 0 aliphatic carbocycles. The molecule has 2 aromatic heterocycles. The third-order valence-electron chi connectivity index (χ3n) is 5.60. The summed E-state index contributed by atoms with van der Waals surface area (Å²) in [7, 11) is 0. The zero-order valence-corrected chi connectivity index (χ0v) is 19.2. The van der Waals surface area contributed by atoms with Crippen LogP contribution >= 0.6 is 22.6 Å². The summed E-state index contributed by atoms with van der Waals surface area (Å²) in [4.78, 5) is 9.66. The lowest BCUT2D eigenvalue weighted by Crippen LogP contribution is -1.95. The standard InChI is InChI=1S/C28H17IN2O/c29-27-17-24(20-13-14-26-23(16-20)22-11-4-5-12-25(22)32-26)30-28(31-27)21-10-6-9-19(15-21)18-7-2-1-3-8-18/h1-17H. The van der Waals surface area contributed by atoms with E-state index in [1.165, 1.54) is 5.56 Å². The molecule has 0 aliphatic heterocycles. The molecule has 0 fully saturated rings. The Kier molecular flexibility index (Phi) is 4.72. The average molecular weight is 524 g/mol. The topological polar surface area (TPSA) is 38.9 Å². The number of rotatable bonds is 3. The second-order valence-electron chi connectivity index (χ2n) is 7.66. The van der Waals surface area contributed by atoms with Crippen LogP contribution in [0, 0.1) is 3.70 Å². The molecule has 0 N–H and O–H groups in total. The summed E-state index contributed by atoms with van der Waals surface area (Å²) in [5, 5.41) is 2.21. The average Bonchev–Trinajstić information content (AvgIpc) is 3.22. The Morgan fingerprint density at radius 1 is 0.531 bits per heavy atom. The molecule has 0 atom stereocenters. The number of hydrogen-bond donors (Lipinski definition) is 0. The first-order valence-corrected chi connectivity index (χ1v) is 11.4. The van der Waals surface area contributed by atoms with Gasteiger partial charge in [-0.3, -0.25) is 0 Å². The van der Waals surface area contributed by atoms with E-state index in [-0.39, 0.29) is 0 Å². The van der Waals surface area contributed by atoms with E-state index < -0.39 is 0 Å². The zero-order chi connectivity index (χ0) is 21.5. The van der Waals surface area contributed by atoms with Crippen LogP contribution in [0.5, 0.6) is 0 Å². The smallest absolute Gasteiger partial charge is 0.160 e. The van der Waals surface area contributed by atoms with E-state index in [1.54, 1.807) is 0 Å². The van der Waals surface area contributed by atoms with Crippen LogP contribution in [-0.2, 0) is 0 Å². The van der Waals surface area contributed by atoms with Gasteiger partial charge in [0.1, 0.15) is 14.9 Å². The number of aromatic nitrogens is 2. The van der Waals surface area contributed by atoms with Crippen LogP contribution in [0.3, 0.4) is 0 Å². The van der Waals surface area contributed by atoms with E-state index in [1.807, 2.05) is 36.4 Å². The highest BCUT2D eigenvalue weighted by Crippen LogP contribution is 2.33. The third-order valence-corrected chi connectivity index (χ3v) is 6.15. The Balaban J connectivity index is 1.46. The predicted octanol–water partition coefficient (Wildman–Crippen LogP) is 7.98. The quantitative estimate of drug-likeness (QED) is 0.174. The van der Waals surface area contributed by atoms with Gasteiger partial charge in [0.15, 0.2) is 5.82 Å². The molecular formula is C28H17IN2O. The fourth-order valence-corrected chi connectivity index (χ4v) is 4.57. The minimum absolute atomic E-state index is 0.724. The van der Waals surface area contributed by atoms with Gasteiger partial charge in [0.25, 0.3) is 0 Å². The Hall–Kier alpha value is -3.51. The van der Waals surface area contributed by atoms with Crippen molar-refractivity contribution >= 4 is 44.5 Å². The number of furan rings is 1. The Morgan fingerprint density at radius 3 is 2.19 bits per heavy atom. The van der Waals surface area contributed by atoms with Gasteiger partial charge in [0, 0.05) is 21.9 Å². The van der Waals surface area contributed by atoms with Gasteiger partial charge in [0.2, 0.25) is 0 Å². The van der Waals surface area contributed by atoms with E-state index in [4.69, 9.17) is 14.4 Å². The molecule has 32 heavy (non-hydrogen) atoms. The lowest BCUT2D eigenvalue weighted by atomic mass is 10.0. The summed E-state index contributed by atoms with van der Waals surface area (Å²) in [5.41, 5.74) is 7.06. The molecule has 0 amide bonds. The van der Waals surface area contributed by atoms with Crippen molar-refractivity contribution in [2.45, 2.75) is 0 Å². The first-order chi connectivity index (χ1) is 15.7. The minimum Gasteiger partial charge on any atom is -0.456 e. The van der Waals surface area contributed by atoms with Crippen molar-refractivity contribution in [3.05, 3.63) is 107 Å².